The van der Waals surface area contributed by atoms with Gasteiger partial charge in [0.2, 0.25) is 0 Å². The van der Waals surface area contributed by atoms with Crippen LogP contribution in [0.3, 0.4) is 0 Å². The van der Waals surface area contributed by atoms with Crippen molar-refractivity contribution in [1.82, 2.24) is 15.5 Å². The molecule has 0 radical (unpaired) electrons. The van der Waals surface area contributed by atoms with Gasteiger partial charge in [0.1, 0.15) is 0 Å². The number of urea groups is 1. The molecule has 0 aromatic heterocycles. The molecular formula is C14H25N3O. The van der Waals surface area contributed by atoms with Crippen molar-refractivity contribution in [3.63, 3.8) is 0 Å². The summed E-state index contributed by atoms with van der Waals surface area (Å²) < 4.78 is 0. The van der Waals surface area contributed by atoms with Crippen molar-refractivity contribution < 1.29 is 4.79 Å². The lowest BCUT2D eigenvalue weighted by molar-refractivity contribution is 0.154. The number of carbonyl (C=O) groups is 1. The smallest absolute Gasteiger partial charge is 0.317 e. The van der Waals surface area contributed by atoms with E-state index in [-0.39, 0.29) is 6.03 Å². The monoisotopic (exact) mass is 251 g/mol. The molecule has 0 aromatic carbocycles. The number of hydrogen-bond acceptors (Lipinski definition) is 2. The van der Waals surface area contributed by atoms with Crippen molar-refractivity contribution in [2.45, 2.75) is 44.6 Å². The summed E-state index contributed by atoms with van der Waals surface area (Å²) in [5.74, 6) is 1.71. The average Bonchev–Trinajstić information content (AvgIpc) is 3.24. The summed E-state index contributed by atoms with van der Waals surface area (Å²) in [5, 5.41) is 6.54. The molecule has 1 aliphatic carbocycles. The van der Waals surface area contributed by atoms with Crippen molar-refractivity contribution in [3.8, 4) is 0 Å². The second kappa shape index (κ2) is 5.47. The van der Waals surface area contributed by atoms with Crippen molar-refractivity contribution in [1.29, 1.82) is 0 Å². The first kappa shape index (κ1) is 12.3. The molecule has 1 saturated carbocycles. The number of nitrogens with one attached hydrogen (secondary N) is 2. The van der Waals surface area contributed by atoms with Crippen LogP contribution in [0.15, 0.2) is 0 Å². The number of hydrogen-bond donors (Lipinski definition) is 2. The maximum Gasteiger partial charge on any atom is 0.317 e. The van der Waals surface area contributed by atoms with Crippen LogP contribution in [0, 0.1) is 11.8 Å². The quantitative estimate of drug-likeness (QED) is 0.782. The third-order valence-corrected chi connectivity index (χ3v) is 4.66. The van der Waals surface area contributed by atoms with E-state index in [2.05, 4.69) is 15.5 Å². The largest absolute Gasteiger partial charge is 0.334 e. The number of carbonyl (C=O) groups excluding carboxylic acids is 1. The fourth-order valence-corrected chi connectivity index (χ4v) is 3.39. The van der Waals surface area contributed by atoms with Gasteiger partial charge in [-0.25, -0.2) is 4.79 Å². The normalized spacial score (nSPS) is 33.2. The molecule has 18 heavy (non-hydrogen) atoms. The summed E-state index contributed by atoms with van der Waals surface area (Å²) in [6.45, 7) is 3.98. The zero-order valence-corrected chi connectivity index (χ0v) is 11.2. The van der Waals surface area contributed by atoms with E-state index in [1.54, 1.807) is 0 Å². The topological polar surface area (TPSA) is 44.4 Å². The van der Waals surface area contributed by atoms with Crippen LogP contribution in [-0.4, -0.2) is 43.2 Å². The first-order chi connectivity index (χ1) is 8.83. The summed E-state index contributed by atoms with van der Waals surface area (Å²) in [4.78, 5) is 14.3. The van der Waals surface area contributed by atoms with Crippen LogP contribution in [0.1, 0.15) is 38.5 Å². The van der Waals surface area contributed by atoms with Crippen molar-refractivity contribution in [2.75, 3.05) is 26.2 Å². The number of nitrogens with zero attached hydrogens (tertiary/aromatic N) is 1. The van der Waals surface area contributed by atoms with E-state index >= 15 is 0 Å². The van der Waals surface area contributed by atoms with Gasteiger partial charge in [0, 0.05) is 25.7 Å². The Bertz CT molecular complexity index is 297. The maximum atomic E-state index is 12.2. The van der Waals surface area contributed by atoms with Gasteiger partial charge in [-0.2, -0.15) is 0 Å². The van der Waals surface area contributed by atoms with E-state index in [9.17, 15) is 4.79 Å². The molecule has 102 valence electrons. The minimum absolute atomic E-state index is 0.175. The second-order valence-electron chi connectivity index (χ2n) is 6.18. The summed E-state index contributed by atoms with van der Waals surface area (Å²) in [7, 11) is 0. The molecule has 2 atom stereocenters. The van der Waals surface area contributed by atoms with E-state index in [1.807, 2.05) is 0 Å². The van der Waals surface area contributed by atoms with Gasteiger partial charge in [0.05, 0.1) is 0 Å². The van der Waals surface area contributed by atoms with Gasteiger partial charge in [0.15, 0.2) is 0 Å². The van der Waals surface area contributed by atoms with Crippen LogP contribution in [0.4, 0.5) is 4.79 Å². The molecule has 1 unspecified atom stereocenters. The number of rotatable bonds is 2. The van der Waals surface area contributed by atoms with Gasteiger partial charge in [-0.1, -0.05) is 0 Å². The van der Waals surface area contributed by atoms with Gasteiger partial charge in [-0.3, -0.25) is 0 Å². The molecule has 0 aromatic rings. The van der Waals surface area contributed by atoms with Crippen molar-refractivity contribution >= 4 is 6.03 Å². The average molecular weight is 251 g/mol. The first-order valence-electron chi connectivity index (χ1n) is 7.59. The van der Waals surface area contributed by atoms with Gasteiger partial charge in [-0.15, -0.1) is 0 Å². The van der Waals surface area contributed by atoms with E-state index in [1.165, 1.54) is 32.1 Å². The zero-order valence-electron chi connectivity index (χ0n) is 11.2. The standard InChI is InChI=1S/C14H25N3O/c18-14(16-13-4-1-7-15-9-13)17-8-2-3-12(10-17)11-5-6-11/h11-13,15H,1-10H2,(H,16,18)/t12?,13-/m0/s1. The Morgan fingerprint density at radius 3 is 2.72 bits per heavy atom. The molecule has 2 N–H and O–H groups in total. The van der Waals surface area contributed by atoms with E-state index in [4.69, 9.17) is 0 Å². The SMILES string of the molecule is O=C(N[C@H]1CCCNC1)N1CCCC(C2CC2)C1. The second-order valence-corrected chi connectivity index (χ2v) is 6.18. The third-order valence-electron chi connectivity index (χ3n) is 4.66. The highest BCUT2D eigenvalue weighted by atomic mass is 16.2. The van der Waals surface area contributed by atoms with E-state index < -0.39 is 0 Å². The van der Waals surface area contributed by atoms with Crippen LogP contribution < -0.4 is 10.6 Å². The Kier molecular flexibility index (Phi) is 3.73. The Morgan fingerprint density at radius 1 is 1.11 bits per heavy atom. The molecule has 4 heteroatoms. The number of amides is 2. The molecule has 3 fully saturated rings. The Hall–Kier alpha value is -0.770. The number of likely N-dealkylation sites (tertiary alicyclic amines) is 1. The highest BCUT2D eigenvalue weighted by molar-refractivity contribution is 5.74. The summed E-state index contributed by atoms with van der Waals surface area (Å²) in [5.41, 5.74) is 0. The van der Waals surface area contributed by atoms with Gasteiger partial charge < -0.3 is 15.5 Å². The Morgan fingerprint density at radius 2 is 2.00 bits per heavy atom. The van der Waals surface area contributed by atoms with Crippen LogP contribution in [0.2, 0.25) is 0 Å². The zero-order chi connectivity index (χ0) is 12.4. The van der Waals surface area contributed by atoms with E-state index in [0.717, 1.165) is 44.4 Å². The number of piperidine rings is 2. The molecule has 2 amide bonds. The Labute approximate surface area is 109 Å². The molecule has 2 saturated heterocycles. The van der Waals surface area contributed by atoms with Crippen LogP contribution in [-0.2, 0) is 0 Å². The predicted molar refractivity (Wildman–Crippen MR) is 71.4 cm³/mol. The lowest BCUT2D eigenvalue weighted by atomic mass is 9.93. The van der Waals surface area contributed by atoms with Gasteiger partial charge in [0.25, 0.3) is 0 Å². The molecule has 0 spiro atoms. The molecule has 0 bridgehead atoms. The molecule has 2 heterocycles. The lowest BCUT2D eigenvalue weighted by Gasteiger charge is -2.34. The van der Waals surface area contributed by atoms with Crippen LogP contribution in [0.25, 0.3) is 0 Å². The minimum Gasteiger partial charge on any atom is -0.334 e. The lowest BCUT2D eigenvalue weighted by Crippen LogP contribution is -2.52. The highest BCUT2D eigenvalue weighted by Crippen LogP contribution is 2.40. The van der Waals surface area contributed by atoms with Crippen molar-refractivity contribution in [3.05, 3.63) is 0 Å². The fourth-order valence-electron chi connectivity index (χ4n) is 3.39. The Balaban J connectivity index is 1.48. The predicted octanol–water partition coefficient (Wildman–Crippen LogP) is 1.57. The van der Waals surface area contributed by atoms with Crippen LogP contribution in [0.5, 0.6) is 0 Å². The van der Waals surface area contributed by atoms with Crippen LogP contribution >= 0.6 is 0 Å². The first-order valence-corrected chi connectivity index (χ1v) is 7.59. The summed E-state index contributed by atoms with van der Waals surface area (Å²) in [6, 6.07) is 0.515. The van der Waals surface area contributed by atoms with Gasteiger partial charge >= 0.3 is 6.03 Å². The summed E-state index contributed by atoms with van der Waals surface area (Å²) >= 11 is 0. The fraction of sp³-hybridized carbons (Fsp3) is 0.929. The minimum atomic E-state index is 0.175. The molecule has 4 nitrogen and oxygen atoms in total. The van der Waals surface area contributed by atoms with Crippen molar-refractivity contribution in [2.24, 2.45) is 11.8 Å². The molecular weight excluding hydrogens is 226 g/mol. The highest BCUT2D eigenvalue weighted by Gasteiger charge is 2.35. The van der Waals surface area contributed by atoms with E-state index in [0.29, 0.717) is 6.04 Å². The third kappa shape index (κ3) is 2.97. The molecule has 3 aliphatic rings. The molecule has 2 aliphatic heterocycles. The molecule has 3 rings (SSSR count). The maximum absolute atomic E-state index is 12.2. The van der Waals surface area contributed by atoms with Gasteiger partial charge in [-0.05, 0) is 56.9 Å². The summed E-state index contributed by atoms with van der Waals surface area (Å²) in [6.07, 6.45) is 7.62.